The molecule has 2 N–H and O–H groups in total. The summed E-state index contributed by atoms with van der Waals surface area (Å²) in [5.74, 6) is -0.787. The fourth-order valence-corrected chi connectivity index (χ4v) is 1.39. The van der Waals surface area contributed by atoms with Gasteiger partial charge in [-0.1, -0.05) is 31.2 Å². The van der Waals surface area contributed by atoms with Crippen molar-refractivity contribution in [1.82, 2.24) is 5.32 Å². The summed E-state index contributed by atoms with van der Waals surface area (Å²) in [7, 11) is 0. The monoisotopic (exact) mass is 221 g/mol. The zero-order chi connectivity index (χ0) is 12.0. The molecule has 0 aliphatic carbocycles. The molecule has 1 atom stereocenters. The van der Waals surface area contributed by atoms with Gasteiger partial charge in [-0.3, -0.25) is 4.79 Å². The first-order valence-corrected chi connectivity index (χ1v) is 5.64. The lowest BCUT2D eigenvalue weighted by atomic mass is 10.1. The van der Waals surface area contributed by atoms with E-state index in [0.717, 1.165) is 18.5 Å². The summed E-state index contributed by atoms with van der Waals surface area (Å²) in [5.41, 5.74) is 2.04. The van der Waals surface area contributed by atoms with E-state index in [1.54, 1.807) is 0 Å². The molecule has 0 radical (unpaired) electrons. The molecule has 0 amide bonds. The van der Waals surface area contributed by atoms with Gasteiger partial charge >= 0.3 is 5.97 Å². The van der Waals surface area contributed by atoms with Crippen LogP contribution in [0.25, 0.3) is 0 Å². The van der Waals surface area contributed by atoms with Crippen molar-refractivity contribution in [2.75, 3.05) is 0 Å². The van der Waals surface area contributed by atoms with Gasteiger partial charge in [-0.15, -0.1) is 0 Å². The van der Waals surface area contributed by atoms with E-state index in [1.165, 1.54) is 5.56 Å². The van der Waals surface area contributed by atoms with E-state index in [-0.39, 0.29) is 6.42 Å². The van der Waals surface area contributed by atoms with Crippen molar-refractivity contribution < 1.29 is 9.90 Å². The van der Waals surface area contributed by atoms with Crippen LogP contribution >= 0.6 is 0 Å². The summed E-state index contributed by atoms with van der Waals surface area (Å²) in [5, 5.41) is 12.0. The summed E-state index contributed by atoms with van der Waals surface area (Å²) in [6, 6.07) is 8.23. The third-order valence-corrected chi connectivity index (χ3v) is 2.65. The zero-order valence-corrected chi connectivity index (χ0v) is 9.86. The van der Waals surface area contributed by atoms with E-state index in [4.69, 9.17) is 5.11 Å². The van der Waals surface area contributed by atoms with Crippen molar-refractivity contribution >= 4 is 5.97 Å². The second kappa shape index (κ2) is 6.28. The predicted octanol–water partition coefficient (Wildman–Crippen LogP) is 2.20. The molecule has 0 fully saturated rings. The standard InChI is InChI=1S/C13H19NO2/c1-3-10(2)14-9-12-6-4-11(5-7-12)8-13(15)16/h4-7,10,14H,3,8-9H2,1-2H3,(H,15,16). The van der Waals surface area contributed by atoms with E-state index in [2.05, 4.69) is 19.2 Å². The number of benzene rings is 1. The number of carbonyl (C=O) groups is 1. The van der Waals surface area contributed by atoms with E-state index >= 15 is 0 Å². The van der Waals surface area contributed by atoms with E-state index in [0.29, 0.717) is 6.04 Å². The largest absolute Gasteiger partial charge is 0.481 e. The fourth-order valence-electron chi connectivity index (χ4n) is 1.39. The van der Waals surface area contributed by atoms with Gasteiger partial charge in [-0.25, -0.2) is 0 Å². The van der Waals surface area contributed by atoms with Crippen LogP contribution in [-0.2, 0) is 17.8 Å². The maximum atomic E-state index is 10.5. The van der Waals surface area contributed by atoms with Gasteiger partial charge in [0.2, 0.25) is 0 Å². The molecule has 0 aromatic heterocycles. The molecule has 16 heavy (non-hydrogen) atoms. The van der Waals surface area contributed by atoms with Gasteiger partial charge in [0.1, 0.15) is 0 Å². The highest BCUT2D eigenvalue weighted by atomic mass is 16.4. The molecule has 0 spiro atoms. The Kier molecular flexibility index (Phi) is 4.99. The van der Waals surface area contributed by atoms with Crippen LogP contribution in [0.4, 0.5) is 0 Å². The second-order valence-electron chi connectivity index (χ2n) is 4.08. The Bertz CT molecular complexity index is 332. The topological polar surface area (TPSA) is 49.3 Å². The van der Waals surface area contributed by atoms with Crippen LogP contribution in [0.5, 0.6) is 0 Å². The van der Waals surface area contributed by atoms with Crippen LogP contribution < -0.4 is 5.32 Å². The third-order valence-electron chi connectivity index (χ3n) is 2.65. The van der Waals surface area contributed by atoms with Crippen LogP contribution in [0.15, 0.2) is 24.3 Å². The first-order valence-electron chi connectivity index (χ1n) is 5.64. The van der Waals surface area contributed by atoms with Crippen molar-refractivity contribution in [2.24, 2.45) is 0 Å². The summed E-state index contributed by atoms with van der Waals surface area (Å²) >= 11 is 0. The fraction of sp³-hybridized carbons (Fsp3) is 0.462. The molecule has 0 aliphatic heterocycles. The average molecular weight is 221 g/mol. The van der Waals surface area contributed by atoms with Gasteiger partial charge in [0.25, 0.3) is 0 Å². The lowest BCUT2D eigenvalue weighted by molar-refractivity contribution is -0.136. The number of aliphatic carboxylic acids is 1. The highest BCUT2D eigenvalue weighted by Crippen LogP contribution is 2.05. The van der Waals surface area contributed by atoms with Gasteiger partial charge in [-0.05, 0) is 24.5 Å². The van der Waals surface area contributed by atoms with Gasteiger partial charge < -0.3 is 10.4 Å². The molecule has 0 heterocycles. The summed E-state index contributed by atoms with van der Waals surface area (Å²) in [6.07, 6.45) is 1.20. The normalized spacial score (nSPS) is 12.4. The molecular formula is C13H19NO2. The van der Waals surface area contributed by atoms with Crippen molar-refractivity contribution in [2.45, 2.75) is 39.3 Å². The van der Waals surface area contributed by atoms with E-state index in [1.807, 2.05) is 24.3 Å². The minimum absolute atomic E-state index is 0.0963. The number of rotatable bonds is 6. The quantitative estimate of drug-likeness (QED) is 0.774. The first kappa shape index (κ1) is 12.7. The van der Waals surface area contributed by atoms with E-state index in [9.17, 15) is 4.79 Å². The second-order valence-corrected chi connectivity index (χ2v) is 4.08. The van der Waals surface area contributed by atoms with Crippen LogP contribution in [0.1, 0.15) is 31.4 Å². The molecule has 0 saturated carbocycles. The lowest BCUT2D eigenvalue weighted by Crippen LogP contribution is -2.24. The Morgan fingerprint density at radius 2 is 1.88 bits per heavy atom. The molecule has 88 valence electrons. The molecule has 1 rings (SSSR count). The predicted molar refractivity (Wildman–Crippen MR) is 64.4 cm³/mol. The number of hydrogen-bond donors (Lipinski definition) is 2. The lowest BCUT2D eigenvalue weighted by Gasteiger charge is -2.11. The van der Waals surface area contributed by atoms with Crippen molar-refractivity contribution in [1.29, 1.82) is 0 Å². The van der Waals surface area contributed by atoms with Crippen LogP contribution in [0.2, 0.25) is 0 Å². The van der Waals surface area contributed by atoms with Gasteiger partial charge in [0.15, 0.2) is 0 Å². The maximum Gasteiger partial charge on any atom is 0.307 e. The molecule has 0 saturated heterocycles. The van der Waals surface area contributed by atoms with Gasteiger partial charge in [0, 0.05) is 12.6 Å². The molecule has 1 unspecified atom stereocenters. The summed E-state index contributed by atoms with van der Waals surface area (Å²) < 4.78 is 0. The Hall–Kier alpha value is -1.35. The molecule has 3 heteroatoms. The van der Waals surface area contributed by atoms with Crippen molar-refractivity contribution in [3.63, 3.8) is 0 Å². The molecule has 0 aliphatic rings. The SMILES string of the molecule is CCC(C)NCc1ccc(CC(=O)O)cc1. The average Bonchev–Trinajstić information content (AvgIpc) is 2.27. The number of hydrogen-bond acceptors (Lipinski definition) is 2. The van der Waals surface area contributed by atoms with Gasteiger partial charge in [-0.2, -0.15) is 0 Å². The van der Waals surface area contributed by atoms with Gasteiger partial charge in [0.05, 0.1) is 6.42 Å². The number of carboxylic acid groups (broad SMARTS) is 1. The molecule has 3 nitrogen and oxygen atoms in total. The Morgan fingerprint density at radius 1 is 1.31 bits per heavy atom. The van der Waals surface area contributed by atoms with Crippen LogP contribution in [0.3, 0.4) is 0 Å². The number of nitrogens with one attached hydrogen (secondary N) is 1. The Morgan fingerprint density at radius 3 is 2.38 bits per heavy atom. The Labute approximate surface area is 96.5 Å². The summed E-state index contributed by atoms with van der Waals surface area (Å²) in [6.45, 7) is 5.13. The van der Waals surface area contributed by atoms with Crippen molar-refractivity contribution in [3.05, 3.63) is 35.4 Å². The first-order chi connectivity index (χ1) is 7.61. The molecule has 1 aromatic rings. The minimum atomic E-state index is -0.787. The number of carboxylic acids is 1. The van der Waals surface area contributed by atoms with Crippen LogP contribution in [0, 0.1) is 0 Å². The smallest absolute Gasteiger partial charge is 0.307 e. The highest BCUT2D eigenvalue weighted by molar-refractivity contribution is 5.70. The summed E-state index contributed by atoms with van der Waals surface area (Å²) in [4.78, 5) is 10.5. The zero-order valence-electron chi connectivity index (χ0n) is 9.86. The van der Waals surface area contributed by atoms with E-state index < -0.39 is 5.97 Å². The molecule has 1 aromatic carbocycles. The molecule has 0 bridgehead atoms. The highest BCUT2D eigenvalue weighted by Gasteiger charge is 2.01. The van der Waals surface area contributed by atoms with Crippen LogP contribution in [-0.4, -0.2) is 17.1 Å². The maximum absolute atomic E-state index is 10.5. The van der Waals surface area contributed by atoms with Crippen molar-refractivity contribution in [3.8, 4) is 0 Å². The Balaban J connectivity index is 2.48. The third kappa shape index (κ3) is 4.45. The minimum Gasteiger partial charge on any atom is -0.481 e. The molecular weight excluding hydrogens is 202 g/mol.